The van der Waals surface area contributed by atoms with E-state index in [9.17, 15) is 9.59 Å². The Morgan fingerprint density at radius 1 is 1.07 bits per heavy atom. The molecule has 1 aromatic carbocycles. The van der Waals surface area contributed by atoms with Crippen LogP contribution >= 0.6 is 0 Å². The van der Waals surface area contributed by atoms with Crippen LogP contribution in [0, 0.1) is 0 Å². The highest BCUT2D eigenvalue weighted by Crippen LogP contribution is 2.37. The van der Waals surface area contributed by atoms with Gasteiger partial charge in [0.2, 0.25) is 5.91 Å². The molecule has 2 atom stereocenters. The van der Waals surface area contributed by atoms with E-state index < -0.39 is 6.04 Å². The van der Waals surface area contributed by atoms with Crippen LogP contribution in [0.25, 0.3) is 0 Å². The summed E-state index contributed by atoms with van der Waals surface area (Å²) in [5.74, 6) is 0.168. The minimum Gasteiger partial charge on any atom is -0.486 e. The second-order valence-electron chi connectivity index (χ2n) is 7.29. The molecule has 1 saturated heterocycles. The summed E-state index contributed by atoms with van der Waals surface area (Å²) < 4.78 is 6.22. The molecule has 4 heterocycles. The van der Waals surface area contributed by atoms with Crippen molar-refractivity contribution in [1.29, 1.82) is 0 Å². The summed E-state index contributed by atoms with van der Waals surface area (Å²) >= 11 is 0. The first-order chi connectivity index (χ1) is 14.7. The molecule has 0 saturated carbocycles. The molecule has 2 aliphatic rings. The fourth-order valence-electron chi connectivity index (χ4n) is 3.99. The first kappa shape index (κ1) is 18.2. The van der Waals surface area contributed by atoms with E-state index in [0.717, 1.165) is 5.56 Å². The van der Waals surface area contributed by atoms with Crippen LogP contribution in [-0.2, 0) is 11.3 Å². The fourth-order valence-corrected chi connectivity index (χ4v) is 3.99. The van der Waals surface area contributed by atoms with E-state index in [2.05, 4.69) is 15.0 Å². The molecule has 3 aromatic rings. The molecule has 150 valence electrons. The van der Waals surface area contributed by atoms with Gasteiger partial charge in [0.1, 0.15) is 23.6 Å². The lowest BCUT2D eigenvalue weighted by molar-refractivity contribution is -0.122. The zero-order chi connectivity index (χ0) is 20.5. The van der Waals surface area contributed by atoms with Crippen molar-refractivity contribution in [3.8, 4) is 5.75 Å². The van der Waals surface area contributed by atoms with Crippen molar-refractivity contribution in [3.63, 3.8) is 0 Å². The highest BCUT2D eigenvalue weighted by atomic mass is 16.5. The molecular formula is C22H19N5O3. The maximum Gasteiger partial charge on any atom is 0.274 e. The summed E-state index contributed by atoms with van der Waals surface area (Å²) in [4.78, 5) is 42.2. The van der Waals surface area contributed by atoms with Gasteiger partial charge in [-0.15, -0.1) is 0 Å². The van der Waals surface area contributed by atoms with Crippen LogP contribution in [0.4, 0.5) is 5.69 Å². The summed E-state index contributed by atoms with van der Waals surface area (Å²) in [6, 6.07) is 10.6. The minimum absolute atomic E-state index is 0.144. The highest BCUT2D eigenvalue weighted by molar-refractivity contribution is 6.03. The number of carbonyl (C=O) groups excluding carboxylic acids is 2. The molecule has 2 bridgehead atoms. The number of rotatable bonds is 3. The molecule has 2 amide bonds. The normalized spacial score (nSPS) is 20.2. The van der Waals surface area contributed by atoms with Crippen molar-refractivity contribution in [2.45, 2.75) is 25.1 Å². The Bertz CT molecular complexity index is 1080. The number of hydrogen-bond donors (Lipinski definition) is 0. The van der Waals surface area contributed by atoms with Crippen LogP contribution in [-0.4, -0.2) is 50.4 Å². The summed E-state index contributed by atoms with van der Waals surface area (Å²) in [5.41, 5.74) is 1.80. The van der Waals surface area contributed by atoms with Crippen molar-refractivity contribution >= 4 is 17.5 Å². The maximum atomic E-state index is 13.7. The minimum atomic E-state index is -0.630. The van der Waals surface area contributed by atoms with Crippen LogP contribution in [0.5, 0.6) is 5.75 Å². The van der Waals surface area contributed by atoms with Gasteiger partial charge in [0.25, 0.3) is 5.91 Å². The van der Waals surface area contributed by atoms with Gasteiger partial charge in [-0.05, 0) is 23.8 Å². The first-order valence-electron chi connectivity index (χ1n) is 9.73. The number of carbonyl (C=O) groups is 2. The first-order valence-corrected chi connectivity index (χ1v) is 9.73. The standard InChI is InChI=1S/C22H19N5O3/c28-21(17-12-24-8-9-25-17)27-14-16-10-19(27)22(29)26(13-15-4-3-7-23-11-15)18-5-1-2-6-20(18)30-16/h1-9,11-12,16,19H,10,13-14H2. The molecule has 2 aliphatic heterocycles. The van der Waals surface area contributed by atoms with Gasteiger partial charge in [-0.1, -0.05) is 18.2 Å². The predicted octanol–water partition coefficient (Wildman–Crippen LogP) is 2.08. The van der Waals surface area contributed by atoms with Gasteiger partial charge in [0, 0.05) is 31.2 Å². The Kier molecular flexibility index (Phi) is 4.59. The van der Waals surface area contributed by atoms with E-state index >= 15 is 0 Å². The van der Waals surface area contributed by atoms with Crippen molar-refractivity contribution in [2.24, 2.45) is 0 Å². The number of hydrogen-bond acceptors (Lipinski definition) is 6. The molecule has 30 heavy (non-hydrogen) atoms. The smallest absolute Gasteiger partial charge is 0.274 e. The van der Waals surface area contributed by atoms with Crippen LogP contribution in [0.1, 0.15) is 22.5 Å². The monoisotopic (exact) mass is 401 g/mol. The molecule has 5 rings (SSSR count). The molecule has 8 heteroatoms. The zero-order valence-corrected chi connectivity index (χ0v) is 16.1. The van der Waals surface area contributed by atoms with Crippen LogP contribution in [0.15, 0.2) is 67.4 Å². The predicted molar refractivity (Wildman–Crippen MR) is 108 cm³/mol. The Labute approximate surface area is 173 Å². The number of benzene rings is 1. The summed E-state index contributed by atoms with van der Waals surface area (Å²) in [6.07, 6.45) is 7.99. The zero-order valence-electron chi connectivity index (χ0n) is 16.1. The third-order valence-corrected chi connectivity index (χ3v) is 5.37. The SMILES string of the molecule is O=C1C2CC(CN2C(=O)c2cnccn2)Oc2ccccc2N1Cc1cccnc1. The number of anilines is 1. The molecule has 2 aromatic heterocycles. The average Bonchev–Trinajstić information content (AvgIpc) is 3.22. The van der Waals surface area contributed by atoms with Gasteiger partial charge in [0.15, 0.2) is 0 Å². The van der Waals surface area contributed by atoms with Gasteiger partial charge >= 0.3 is 0 Å². The Balaban J connectivity index is 1.53. The van der Waals surface area contributed by atoms with Crippen LogP contribution < -0.4 is 9.64 Å². The molecule has 8 nitrogen and oxygen atoms in total. The third-order valence-electron chi connectivity index (χ3n) is 5.37. The molecule has 1 fully saturated rings. The van der Waals surface area contributed by atoms with Gasteiger partial charge < -0.3 is 14.5 Å². The Morgan fingerprint density at radius 3 is 2.73 bits per heavy atom. The van der Waals surface area contributed by atoms with Crippen molar-refractivity contribution in [3.05, 3.63) is 78.6 Å². The lowest BCUT2D eigenvalue weighted by Crippen LogP contribution is -2.48. The van der Waals surface area contributed by atoms with E-state index in [1.54, 1.807) is 22.2 Å². The second kappa shape index (κ2) is 7.55. The lowest BCUT2D eigenvalue weighted by atomic mass is 10.1. The summed E-state index contributed by atoms with van der Waals surface area (Å²) in [6.45, 7) is 0.655. The van der Waals surface area contributed by atoms with Crippen molar-refractivity contribution < 1.29 is 14.3 Å². The van der Waals surface area contributed by atoms with E-state index in [1.165, 1.54) is 18.6 Å². The number of pyridine rings is 1. The number of ether oxygens (including phenoxy) is 1. The van der Waals surface area contributed by atoms with Gasteiger partial charge in [-0.2, -0.15) is 0 Å². The second-order valence-corrected chi connectivity index (χ2v) is 7.29. The molecule has 0 aliphatic carbocycles. The average molecular weight is 401 g/mol. The largest absolute Gasteiger partial charge is 0.486 e. The molecule has 0 spiro atoms. The van der Waals surface area contributed by atoms with E-state index in [-0.39, 0.29) is 23.6 Å². The summed E-state index contributed by atoms with van der Waals surface area (Å²) in [7, 11) is 0. The number of nitrogens with zero attached hydrogens (tertiary/aromatic N) is 5. The summed E-state index contributed by atoms with van der Waals surface area (Å²) in [5, 5.41) is 0. The van der Waals surface area contributed by atoms with Gasteiger partial charge in [-0.25, -0.2) is 4.98 Å². The third kappa shape index (κ3) is 3.26. The van der Waals surface area contributed by atoms with Crippen LogP contribution in [0.2, 0.25) is 0 Å². The molecule has 0 N–H and O–H groups in total. The highest BCUT2D eigenvalue weighted by Gasteiger charge is 2.45. The molecular weight excluding hydrogens is 382 g/mol. The topological polar surface area (TPSA) is 88.5 Å². The Hall–Kier alpha value is -3.81. The van der Waals surface area contributed by atoms with Crippen LogP contribution in [0.3, 0.4) is 0 Å². The van der Waals surface area contributed by atoms with E-state index in [0.29, 0.717) is 30.9 Å². The van der Waals surface area contributed by atoms with Gasteiger partial charge in [0.05, 0.1) is 25.0 Å². The number of aromatic nitrogens is 3. The number of fused-ring (bicyclic) bond motifs is 3. The lowest BCUT2D eigenvalue weighted by Gasteiger charge is -2.31. The van der Waals surface area contributed by atoms with E-state index in [1.807, 2.05) is 36.4 Å². The van der Waals surface area contributed by atoms with E-state index in [4.69, 9.17) is 4.74 Å². The van der Waals surface area contributed by atoms with Crippen molar-refractivity contribution in [2.75, 3.05) is 11.4 Å². The fraction of sp³-hybridized carbons (Fsp3) is 0.227. The van der Waals surface area contributed by atoms with Gasteiger partial charge in [-0.3, -0.25) is 19.6 Å². The molecule has 2 unspecified atom stereocenters. The number of para-hydroxylation sites is 2. The maximum absolute atomic E-state index is 13.7. The number of amides is 2. The quantitative estimate of drug-likeness (QED) is 0.668. The molecule has 0 radical (unpaired) electrons. The Morgan fingerprint density at radius 2 is 1.93 bits per heavy atom. The van der Waals surface area contributed by atoms with Crippen molar-refractivity contribution in [1.82, 2.24) is 19.9 Å². The number of likely N-dealkylation sites (tertiary alicyclic amines) is 1.